The molecule has 0 atom stereocenters. The smallest absolute Gasteiger partial charge is 0.339 e. The third-order valence-corrected chi connectivity index (χ3v) is 12.0. The van der Waals surface area contributed by atoms with Crippen LogP contribution < -0.4 is 10.1 Å². The van der Waals surface area contributed by atoms with Crippen molar-refractivity contribution in [3.63, 3.8) is 0 Å². The van der Waals surface area contributed by atoms with Crippen molar-refractivity contribution < 1.29 is 32.0 Å². The van der Waals surface area contributed by atoms with Crippen LogP contribution in [-0.4, -0.2) is 61.8 Å². The van der Waals surface area contributed by atoms with Gasteiger partial charge < -0.3 is 10.0 Å². The lowest BCUT2D eigenvalue weighted by Gasteiger charge is -2.41. The van der Waals surface area contributed by atoms with Gasteiger partial charge in [-0.15, -0.1) is 0 Å². The summed E-state index contributed by atoms with van der Waals surface area (Å²) in [7, 11) is -2.48. The fraction of sp³-hybridized carbons (Fsp3) is 0.333. The molecule has 2 aromatic rings. The summed E-state index contributed by atoms with van der Waals surface area (Å²) in [6.45, 7) is 10.0. The van der Waals surface area contributed by atoms with E-state index >= 15 is 8.78 Å². The Balaban J connectivity index is 1.68. The maximum Gasteiger partial charge on any atom is 0.339 e. The number of carboxylic acid groups (broad SMARTS) is 1. The first-order chi connectivity index (χ1) is 18.4. The Bertz CT molecular complexity index is 1590. The van der Waals surface area contributed by atoms with E-state index in [1.54, 1.807) is 12.1 Å². The van der Waals surface area contributed by atoms with E-state index in [4.69, 9.17) is 0 Å². The predicted octanol–water partition coefficient (Wildman–Crippen LogP) is 5.14. The second-order valence-corrected chi connectivity index (χ2v) is 15.9. The number of aromatic carboxylic acids is 1. The number of benzene rings is 2. The molecule has 1 aliphatic carbocycles. The average Bonchev–Trinajstić information content (AvgIpc) is 2.86. The fourth-order valence-corrected chi connectivity index (χ4v) is 9.32. The lowest BCUT2D eigenvalue weighted by molar-refractivity contribution is -0.601. The number of carbonyl (C=O) groups is 1. The van der Waals surface area contributed by atoms with Crippen molar-refractivity contribution in [1.82, 2.24) is 0 Å². The van der Waals surface area contributed by atoms with Crippen molar-refractivity contribution in [3.05, 3.63) is 86.9 Å². The molecule has 0 bridgehead atoms. The number of halogens is 4. The van der Waals surface area contributed by atoms with Crippen molar-refractivity contribution in [1.29, 1.82) is 0 Å². The largest absolute Gasteiger partial charge is 0.478 e. The van der Waals surface area contributed by atoms with Crippen LogP contribution in [0.1, 0.15) is 34.0 Å². The lowest BCUT2D eigenvalue weighted by atomic mass is 9.85. The minimum absolute atomic E-state index is 0.241. The summed E-state index contributed by atoms with van der Waals surface area (Å²) >= 11 is 0. The van der Waals surface area contributed by atoms with Crippen LogP contribution in [0.5, 0.6) is 0 Å². The molecule has 39 heavy (non-hydrogen) atoms. The van der Waals surface area contributed by atoms with Crippen LogP contribution in [0.4, 0.5) is 23.2 Å². The monoisotopic (exact) mass is 553 g/mol. The third-order valence-electron chi connectivity index (χ3n) is 8.53. The van der Waals surface area contributed by atoms with Crippen LogP contribution in [0.2, 0.25) is 13.1 Å². The van der Waals surface area contributed by atoms with E-state index < -0.39 is 54.4 Å². The van der Waals surface area contributed by atoms with Gasteiger partial charge in [0, 0.05) is 29.0 Å². The molecule has 2 fully saturated rings. The number of carboxylic acids is 1. The molecule has 1 N–H and O–H groups in total. The number of fused-ring (bicyclic) bond motifs is 2. The average molecular weight is 554 g/mol. The molecule has 0 amide bonds. The van der Waals surface area contributed by atoms with Gasteiger partial charge in [-0.3, -0.25) is 0 Å². The first-order valence-corrected chi connectivity index (χ1v) is 16.1. The topological polar surface area (TPSA) is 43.5 Å². The molecule has 3 heterocycles. The number of anilines is 1. The van der Waals surface area contributed by atoms with Gasteiger partial charge in [-0.1, -0.05) is 26.1 Å². The Morgan fingerprint density at radius 1 is 1.08 bits per heavy atom. The Hall–Kier alpha value is -3.46. The molecule has 4 nitrogen and oxygen atoms in total. The van der Waals surface area contributed by atoms with Gasteiger partial charge in [0.05, 0.1) is 19.0 Å². The summed E-state index contributed by atoms with van der Waals surface area (Å²) in [5.41, 5.74) is 1.29. The lowest BCUT2D eigenvalue weighted by Crippen LogP contribution is -2.52. The zero-order valence-electron chi connectivity index (χ0n) is 22.2. The molecule has 4 aliphatic rings. The molecule has 2 saturated heterocycles. The SMILES string of the molecule is Cc1c(F)c(F)c(C(=O)O)c(C2=C3C=CC(=[N+]4CC(C)C4)C=C3[Si](C)(C)c3cc(N4CC(F)C4)ccc32)c1F. The van der Waals surface area contributed by atoms with Crippen molar-refractivity contribution >= 4 is 36.2 Å². The van der Waals surface area contributed by atoms with Crippen LogP contribution in [0.25, 0.3) is 5.57 Å². The predicted molar refractivity (Wildman–Crippen MR) is 146 cm³/mol. The third kappa shape index (κ3) is 3.77. The zero-order chi connectivity index (χ0) is 28.0. The maximum absolute atomic E-state index is 15.9. The highest BCUT2D eigenvalue weighted by molar-refractivity contribution is 6.98. The van der Waals surface area contributed by atoms with Crippen LogP contribution in [0.15, 0.2) is 47.2 Å². The van der Waals surface area contributed by atoms with Crippen LogP contribution in [0, 0.1) is 30.3 Å². The molecular formula is C30H29F4N2O2Si+. The number of allylic oxidation sites excluding steroid dienone is 5. The summed E-state index contributed by atoms with van der Waals surface area (Å²) in [5, 5.41) is 11.8. The van der Waals surface area contributed by atoms with Crippen molar-refractivity contribution in [3.8, 4) is 0 Å². The van der Waals surface area contributed by atoms with Gasteiger partial charge in [0.1, 0.15) is 25.6 Å². The van der Waals surface area contributed by atoms with Crippen molar-refractivity contribution in [2.24, 2.45) is 5.92 Å². The Kier molecular flexibility index (Phi) is 5.80. The molecule has 9 heteroatoms. The van der Waals surface area contributed by atoms with Gasteiger partial charge in [0.25, 0.3) is 0 Å². The highest BCUT2D eigenvalue weighted by Crippen LogP contribution is 2.45. The van der Waals surface area contributed by atoms with Gasteiger partial charge in [0.15, 0.2) is 30.4 Å². The normalized spacial score (nSPS) is 21.8. The Morgan fingerprint density at radius 3 is 2.38 bits per heavy atom. The molecule has 0 radical (unpaired) electrons. The minimum atomic E-state index is -2.48. The molecular weight excluding hydrogens is 524 g/mol. The molecule has 202 valence electrons. The van der Waals surface area contributed by atoms with E-state index in [9.17, 15) is 18.7 Å². The van der Waals surface area contributed by atoms with Gasteiger partial charge in [0.2, 0.25) is 0 Å². The van der Waals surface area contributed by atoms with E-state index in [1.807, 2.05) is 23.1 Å². The van der Waals surface area contributed by atoms with Crippen molar-refractivity contribution in [2.45, 2.75) is 33.1 Å². The first-order valence-electron chi connectivity index (χ1n) is 13.1. The van der Waals surface area contributed by atoms with Crippen LogP contribution >= 0.6 is 0 Å². The number of nitrogens with zero attached hydrogens (tertiary/aromatic N) is 2. The highest BCUT2D eigenvalue weighted by atomic mass is 28.3. The van der Waals surface area contributed by atoms with E-state index in [1.165, 1.54) is 0 Å². The molecule has 0 saturated carbocycles. The van der Waals surface area contributed by atoms with E-state index in [0.29, 0.717) is 17.1 Å². The molecule has 3 aliphatic heterocycles. The van der Waals surface area contributed by atoms with E-state index in [-0.39, 0.29) is 18.7 Å². The summed E-state index contributed by atoms with van der Waals surface area (Å²) < 4.78 is 61.6. The summed E-state index contributed by atoms with van der Waals surface area (Å²) in [6.07, 6.45) is 4.99. The minimum Gasteiger partial charge on any atom is -0.478 e. The fourth-order valence-electron chi connectivity index (χ4n) is 6.25. The molecule has 2 aromatic carbocycles. The molecule has 6 rings (SSSR count). The molecule has 0 unspecified atom stereocenters. The highest BCUT2D eigenvalue weighted by Gasteiger charge is 2.44. The van der Waals surface area contributed by atoms with Gasteiger partial charge in [-0.2, -0.15) is 0 Å². The van der Waals surface area contributed by atoms with Gasteiger partial charge >= 0.3 is 5.97 Å². The van der Waals surface area contributed by atoms with Crippen LogP contribution in [0.3, 0.4) is 0 Å². The first kappa shape index (κ1) is 25.8. The molecule has 0 spiro atoms. The van der Waals surface area contributed by atoms with Gasteiger partial charge in [-0.05, 0) is 52.2 Å². The number of hydrogen-bond acceptors (Lipinski definition) is 2. The van der Waals surface area contributed by atoms with E-state index in [2.05, 4.69) is 30.7 Å². The Labute approximate surface area is 225 Å². The number of alkyl halides is 1. The zero-order valence-corrected chi connectivity index (χ0v) is 23.2. The van der Waals surface area contributed by atoms with Gasteiger partial charge in [-0.25, -0.2) is 26.9 Å². The number of hydrogen-bond donors (Lipinski definition) is 1. The maximum atomic E-state index is 15.9. The second-order valence-electron chi connectivity index (χ2n) is 11.6. The number of rotatable bonds is 3. The standard InChI is InChI=1S/C30H28F4N2O2Si/c1-15-11-35(12-15)18-5-7-20-22(9-18)39(3,4)23-10-19(36-13-17(31)14-36)6-8-21(23)24(20)25-26(30(37)38)29(34)28(33)16(2)27(25)32/h5-10,15,17H,11-14H2,1-4H3/p+1. The Morgan fingerprint density at radius 2 is 1.77 bits per heavy atom. The summed E-state index contributed by atoms with van der Waals surface area (Å²) in [4.78, 5) is 14.2. The summed E-state index contributed by atoms with van der Waals surface area (Å²) in [6, 6.07) is 5.58. The summed E-state index contributed by atoms with van der Waals surface area (Å²) in [5.74, 6) is -5.34. The molecule has 0 aromatic heterocycles. The van der Waals surface area contributed by atoms with Crippen LogP contribution in [-0.2, 0) is 0 Å². The quantitative estimate of drug-likeness (QED) is 0.248. The second kappa shape index (κ2) is 8.77. The van der Waals surface area contributed by atoms with Crippen molar-refractivity contribution in [2.75, 3.05) is 31.1 Å². The van der Waals surface area contributed by atoms with E-state index in [0.717, 1.165) is 41.8 Å².